The predicted molar refractivity (Wildman–Crippen MR) is 61.7 cm³/mol. The molecule has 1 aliphatic rings. The van der Waals surface area contributed by atoms with Crippen molar-refractivity contribution in [2.24, 2.45) is 0 Å². The highest BCUT2D eigenvalue weighted by atomic mass is 16.3. The molecule has 2 nitrogen and oxygen atoms in total. The van der Waals surface area contributed by atoms with Crippen LogP contribution < -0.4 is 0 Å². The van der Waals surface area contributed by atoms with E-state index in [1.807, 2.05) is 0 Å². The van der Waals surface area contributed by atoms with Crippen LogP contribution in [0.4, 0.5) is 0 Å². The van der Waals surface area contributed by atoms with Crippen LogP contribution >= 0.6 is 0 Å². The fraction of sp³-hybridized carbons (Fsp3) is 0.769. The average molecular weight is 210 g/mol. The molecular weight excluding hydrogens is 188 g/mol. The third-order valence-electron chi connectivity index (χ3n) is 2.95. The third-order valence-corrected chi connectivity index (χ3v) is 2.95. The van der Waals surface area contributed by atoms with Crippen molar-refractivity contribution in [2.45, 2.75) is 64.4 Å². The van der Waals surface area contributed by atoms with Gasteiger partial charge in [0.25, 0.3) is 0 Å². The smallest absolute Gasteiger partial charge is 0.161 e. The van der Waals surface area contributed by atoms with E-state index in [9.17, 15) is 9.90 Å². The Morgan fingerprint density at radius 2 is 1.93 bits per heavy atom. The minimum Gasteiger partial charge on any atom is -0.389 e. The van der Waals surface area contributed by atoms with Crippen molar-refractivity contribution in [1.29, 1.82) is 0 Å². The molecule has 0 spiro atoms. The topological polar surface area (TPSA) is 37.3 Å². The molecule has 0 aromatic heterocycles. The second-order valence-corrected chi connectivity index (χ2v) is 4.40. The Hall–Kier alpha value is -0.630. The van der Waals surface area contributed by atoms with Crippen LogP contribution in [0.2, 0.25) is 0 Å². The number of unbranched alkanes of at least 4 members (excludes halogenated alkanes) is 5. The van der Waals surface area contributed by atoms with Crippen LogP contribution in [-0.4, -0.2) is 17.0 Å². The number of carbonyl (C=O) groups is 1. The zero-order chi connectivity index (χ0) is 11.1. The third kappa shape index (κ3) is 4.61. The van der Waals surface area contributed by atoms with E-state index in [4.69, 9.17) is 0 Å². The van der Waals surface area contributed by atoms with Gasteiger partial charge in [-0.1, -0.05) is 39.0 Å². The van der Waals surface area contributed by atoms with Crippen LogP contribution in [0.15, 0.2) is 11.6 Å². The molecule has 0 amide bonds. The molecule has 0 aliphatic heterocycles. The number of aliphatic hydroxyl groups excluding tert-OH is 1. The van der Waals surface area contributed by atoms with E-state index in [-0.39, 0.29) is 5.78 Å². The molecule has 0 aromatic rings. The van der Waals surface area contributed by atoms with Crippen LogP contribution in [0.1, 0.15) is 58.3 Å². The van der Waals surface area contributed by atoms with Gasteiger partial charge in [-0.15, -0.1) is 0 Å². The summed E-state index contributed by atoms with van der Waals surface area (Å²) in [5.41, 5.74) is 0.859. The first-order chi connectivity index (χ1) is 7.24. The summed E-state index contributed by atoms with van der Waals surface area (Å²) in [6, 6.07) is 0. The fourth-order valence-electron chi connectivity index (χ4n) is 2.02. The number of Topliss-reactive ketones (excluding diaryl/α,β-unsaturated/α-hetero) is 1. The molecule has 1 aliphatic carbocycles. The molecular formula is C13H22O2. The van der Waals surface area contributed by atoms with E-state index in [1.54, 1.807) is 6.08 Å². The van der Waals surface area contributed by atoms with Gasteiger partial charge in [-0.2, -0.15) is 0 Å². The molecule has 0 bridgehead atoms. The number of hydrogen-bond donors (Lipinski definition) is 1. The molecule has 0 radical (unpaired) electrons. The van der Waals surface area contributed by atoms with Crippen molar-refractivity contribution < 1.29 is 9.90 Å². The second-order valence-electron chi connectivity index (χ2n) is 4.40. The largest absolute Gasteiger partial charge is 0.389 e. The van der Waals surface area contributed by atoms with Crippen LogP contribution in [0.3, 0.4) is 0 Å². The molecule has 1 atom stereocenters. The molecule has 2 heteroatoms. The number of allylic oxidation sites excluding steroid dienone is 1. The molecule has 1 N–H and O–H groups in total. The lowest BCUT2D eigenvalue weighted by molar-refractivity contribution is -0.115. The Morgan fingerprint density at radius 1 is 1.27 bits per heavy atom. The Labute approximate surface area is 92.4 Å². The number of aliphatic hydroxyl groups is 1. The van der Waals surface area contributed by atoms with Crippen molar-refractivity contribution in [1.82, 2.24) is 0 Å². The van der Waals surface area contributed by atoms with Crippen molar-refractivity contribution in [3.8, 4) is 0 Å². The lowest BCUT2D eigenvalue weighted by Gasteiger charge is -2.01. The molecule has 0 heterocycles. The van der Waals surface area contributed by atoms with E-state index in [1.165, 1.54) is 32.1 Å². The summed E-state index contributed by atoms with van der Waals surface area (Å²) in [6.07, 6.45) is 9.88. The first kappa shape index (κ1) is 12.4. The average Bonchev–Trinajstić information content (AvgIpc) is 2.51. The van der Waals surface area contributed by atoms with E-state index >= 15 is 0 Å². The fourth-order valence-corrected chi connectivity index (χ4v) is 2.02. The number of hydrogen-bond acceptors (Lipinski definition) is 2. The van der Waals surface area contributed by atoms with Gasteiger partial charge in [-0.25, -0.2) is 0 Å². The molecule has 1 rings (SSSR count). The minimum atomic E-state index is -0.507. The number of carbonyl (C=O) groups excluding carboxylic acids is 1. The van der Waals surface area contributed by atoms with Gasteiger partial charge >= 0.3 is 0 Å². The Kier molecular flexibility index (Phi) is 5.62. The van der Waals surface area contributed by atoms with E-state index in [2.05, 4.69) is 6.92 Å². The molecule has 0 fully saturated rings. The Bertz CT molecular complexity index is 231. The maximum absolute atomic E-state index is 11.3. The zero-order valence-corrected chi connectivity index (χ0v) is 9.67. The summed E-state index contributed by atoms with van der Waals surface area (Å²) in [5.74, 6) is 0.149. The minimum absolute atomic E-state index is 0.149. The van der Waals surface area contributed by atoms with Gasteiger partial charge in [-0.3, -0.25) is 4.79 Å². The Balaban J connectivity index is 2.05. The van der Waals surface area contributed by atoms with Crippen molar-refractivity contribution in [3.63, 3.8) is 0 Å². The van der Waals surface area contributed by atoms with Crippen LogP contribution in [-0.2, 0) is 4.79 Å². The summed E-state index contributed by atoms with van der Waals surface area (Å²) in [6.45, 7) is 2.21. The van der Waals surface area contributed by atoms with Gasteiger partial charge < -0.3 is 5.11 Å². The summed E-state index contributed by atoms with van der Waals surface area (Å²) < 4.78 is 0. The normalized spacial score (nSPS) is 20.8. The highest BCUT2D eigenvalue weighted by molar-refractivity contribution is 5.98. The van der Waals surface area contributed by atoms with Gasteiger partial charge in [-0.05, 0) is 24.5 Å². The highest BCUT2D eigenvalue weighted by Crippen LogP contribution is 2.20. The SMILES string of the molecule is CCCCCCCCC1=C[C@H](O)CC1=O. The van der Waals surface area contributed by atoms with Crippen molar-refractivity contribution in [2.75, 3.05) is 0 Å². The van der Waals surface area contributed by atoms with Gasteiger partial charge in [0.1, 0.15) is 0 Å². The van der Waals surface area contributed by atoms with Gasteiger partial charge in [0.05, 0.1) is 6.10 Å². The van der Waals surface area contributed by atoms with Gasteiger partial charge in [0, 0.05) is 6.42 Å². The van der Waals surface area contributed by atoms with E-state index in [0.717, 1.165) is 18.4 Å². The maximum Gasteiger partial charge on any atom is 0.161 e. The second kappa shape index (κ2) is 6.78. The lowest BCUT2D eigenvalue weighted by Crippen LogP contribution is -2.01. The van der Waals surface area contributed by atoms with Gasteiger partial charge in [0.2, 0.25) is 0 Å². The summed E-state index contributed by atoms with van der Waals surface area (Å²) >= 11 is 0. The quantitative estimate of drug-likeness (QED) is 0.656. The summed E-state index contributed by atoms with van der Waals surface area (Å²) in [4.78, 5) is 11.3. The summed E-state index contributed by atoms with van der Waals surface area (Å²) in [7, 11) is 0. The van der Waals surface area contributed by atoms with E-state index < -0.39 is 6.10 Å². The first-order valence-electron chi connectivity index (χ1n) is 6.16. The molecule has 0 unspecified atom stereocenters. The van der Waals surface area contributed by atoms with Gasteiger partial charge in [0.15, 0.2) is 5.78 Å². The van der Waals surface area contributed by atoms with Crippen LogP contribution in [0.5, 0.6) is 0 Å². The van der Waals surface area contributed by atoms with E-state index in [0.29, 0.717) is 6.42 Å². The standard InChI is InChI=1S/C13H22O2/c1-2-3-4-5-6-7-8-11-9-12(14)10-13(11)15/h9,12,14H,2-8,10H2,1H3/t12-/m0/s1. The highest BCUT2D eigenvalue weighted by Gasteiger charge is 2.20. The molecule has 0 saturated carbocycles. The lowest BCUT2D eigenvalue weighted by atomic mass is 10.0. The summed E-state index contributed by atoms with van der Waals surface area (Å²) in [5, 5.41) is 9.25. The monoisotopic (exact) mass is 210 g/mol. The molecule has 0 aromatic carbocycles. The first-order valence-corrected chi connectivity index (χ1v) is 6.16. The zero-order valence-electron chi connectivity index (χ0n) is 9.67. The predicted octanol–water partition coefficient (Wildman–Crippen LogP) is 3.00. The number of rotatable bonds is 7. The Morgan fingerprint density at radius 3 is 2.53 bits per heavy atom. The molecule has 0 saturated heterocycles. The molecule has 86 valence electrons. The molecule has 15 heavy (non-hydrogen) atoms. The van der Waals surface area contributed by atoms with Crippen molar-refractivity contribution in [3.05, 3.63) is 11.6 Å². The maximum atomic E-state index is 11.3. The van der Waals surface area contributed by atoms with Crippen LogP contribution in [0, 0.1) is 0 Å². The number of ketones is 1. The van der Waals surface area contributed by atoms with Crippen molar-refractivity contribution >= 4 is 5.78 Å². The van der Waals surface area contributed by atoms with Crippen LogP contribution in [0.25, 0.3) is 0 Å².